The fourth-order valence-electron chi connectivity index (χ4n) is 4.70. The molecule has 5 rings (SSSR count). The minimum Gasteiger partial charge on any atom is -0.497 e. The Hall–Kier alpha value is -4.71. The van der Waals surface area contributed by atoms with E-state index in [4.69, 9.17) is 14.2 Å². The predicted octanol–water partition coefficient (Wildman–Crippen LogP) is 8.00. The monoisotopic (exact) mass is 520 g/mol. The van der Waals surface area contributed by atoms with Crippen LogP contribution >= 0.6 is 0 Å². The third-order valence-electron chi connectivity index (χ3n) is 6.74. The van der Waals surface area contributed by atoms with Crippen molar-refractivity contribution in [1.29, 1.82) is 0 Å². The first-order chi connectivity index (χ1) is 19.1. The summed E-state index contributed by atoms with van der Waals surface area (Å²) in [6.45, 7) is 5.71. The number of amides is 1. The molecule has 1 heterocycles. The first-order valence-electron chi connectivity index (χ1n) is 13.1. The molecule has 6 heteroatoms. The Morgan fingerprint density at radius 1 is 0.795 bits per heavy atom. The van der Waals surface area contributed by atoms with Gasteiger partial charge >= 0.3 is 6.09 Å². The lowest BCUT2D eigenvalue weighted by molar-refractivity contribution is 0.157. The summed E-state index contributed by atoms with van der Waals surface area (Å²) in [6, 6.07) is 31.7. The van der Waals surface area contributed by atoms with Crippen molar-refractivity contribution < 1.29 is 19.0 Å². The smallest absolute Gasteiger partial charge is 0.415 e. The normalized spacial score (nSPS) is 10.8. The molecule has 0 N–H and O–H groups in total. The van der Waals surface area contributed by atoms with E-state index in [1.54, 1.807) is 12.0 Å². The molecule has 0 radical (unpaired) electrons. The van der Waals surface area contributed by atoms with Crippen LogP contribution < -0.4 is 14.2 Å². The Morgan fingerprint density at radius 3 is 2.26 bits per heavy atom. The van der Waals surface area contributed by atoms with E-state index >= 15 is 0 Å². The number of aromatic nitrogens is 1. The summed E-state index contributed by atoms with van der Waals surface area (Å²) in [7, 11) is 1.65. The van der Waals surface area contributed by atoms with Crippen molar-refractivity contribution in [3.05, 3.63) is 109 Å². The average Bonchev–Trinajstić information content (AvgIpc) is 3.37. The first kappa shape index (κ1) is 25.9. The van der Waals surface area contributed by atoms with Gasteiger partial charge in [0.2, 0.25) is 0 Å². The number of benzene rings is 4. The molecule has 0 aliphatic carbocycles. The Labute approximate surface area is 229 Å². The number of rotatable bonds is 9. The second kappa shape index (κ2) is 11.8. The minimum absolute atomic E-state index is 0.358. The van der Waals surface area contributed by atoms with E-state index in [0.717, 1.165) is 44.8 Å². The number of carbonyl (C=O) groups is 1. The second-order valence-electron chi connectivity index (χ2n) is 9.15. The van der Waals surface area contributed by atoms with Crippen molar-refractivity contribution in [3.8, 4) is 34.1 Å². The van der Waals surface area contributed by atoms with E-state index in [1.165, 1.54) is 0 Å². The number of nitrogens with zero attached hydrogens (tertiary/aromatic N) is 2. The summed E-state index contributed by atoms with van der Waals surface area (Å²) in [4.78, 5) is 14.5. The lowest BCUT2D eigenvalue weighted by Gasteiger charge is -2.20. The third kappa shape index (κ3) is 5.75. The van der Waals surface area contributed by atoms with Gasteiger partial charge in [-0.2, -0.15) is 0 Å². The van der Waals surface area contributed by atoms with Crippen LogP contribution in [0.4, 0.5) is 4.79 Å². The maximum atomic E-state index is 12.9. The molecule has 39 heavy (non-hydrogen) atoms. The molecule has 1 aromatic heterocycles. The van der Waals surface area contributed by atoms with Crippen LogP contribution in [0.5, 0.6) is 23.0 Å². The number of para-hydroxylation sites is 1. The zero-order valence-electron chi connectivity index (χ0n) is 22.5. The molecule has 4 aromatic carbocycles. The van der Waals surface area contributed by atoms with Gasteiger partial charge in [0.15, 0.2) is 0 Å². The molecular weight excluding hydrogens is 488 g/mol. The van der Waals surface area contributed by atoms with Gasteiger partial charge in [0.1, 0.15) is 23.0 Å². The molecule has 0 fully saturated rings. The predicted molar refractivity (Wildman–Crippen MR) is 155 cm³/mol. The number of ether oxygens (including phenoxy) is 3. The van der Waals surface area contributed by atoms with E-state index in [-0.39, 0.29) is 6.09 Å². The number of fused-ring (bicyclic) bond motifs is 1. The summed E-state index contributed by atoms with van der Waals surface area (Å²) >= 11 is 0. The van der Waals surface area contributed by atoms with Gasteiger partial charge in [0.25, 0.3) is 0 Å². The Balaban J connectivity index is 1.50. The van der Waals surface area contributed by atoms with Crippen LogP contribution in [0.15, 0.2) is 103 Å². The van der Waals surface area contributed by atoms with Crippen LogP contribution in [0.25, 0.3) is 22.0 Å². The lowest BCUT2D eigenvalue weighted by Crippen LogP contribution is -2.33. The van der Waals surface area contributed by atoms with Crippen molar-refractivity contribution in [1.82, 2.24) is 9.47 Å². The van der Waals surface area contributed by atoms with Crippen molar-refractivity contribution in [2.45, 2.75) is 20.4 Å². The quantitative estimate of drug-likeness (QED) is 0.198. The number of methoxy groups -OCH3 is 1. The summed E-state index contributed by atoms with van der Waals surface area (Å²) in [6.07, 6.45) is 1.71. The van der Waals surface area contributed by atoms with Crippen LogP contribution in [-0.2, 0) is 6.54 Å². The average molecular weight is 521 g/mol. The minimum atomic E-state index is -0.358. The molecule has 0 atom stereocenters. The van der Waals surface area contributed by atoms with Crippen LogP contribution in [-0.4, -0.2) is 35.8 Å². The molecule has 0 saturated heterocycles. The highest BCUT2D eigenvalue weighted by Crippen LogP contribution is 2.39. The summed E-state index contributed by atoms with van der Waals surface area (Å²) < 4.78 is 19.5. The molecule has 5 aromatic rings. The number of hydrogen-bond acceptors (Lipinski definition) is 4. The molecule has 198 valence electrons. The highest BCUT2D eigenvalue weighted by atomic mass is 16.6. The van der Waals surface area contributed by atoms with Gasteiger partial charge in [-0.3, -0.25) is 0 Å². The van der Waals surface area contributed by atoms with Crippen molar-refractivity contribution in [3.63, 3.8) is 0 Å². The lowest BCUT2D eigenvalue weighted by atomic mass is 10.0. The summed E-state index contributed by atoms with van der Waals surface area (Å²) in [5.74, 6) is 2.89. The molecule has 6 nitrogen and oxygen atoms in total. The first-order valence-corrected chi connectivity index (χ1v) is 13.1. The van der Waals surface area contributed by atoms with E-state index in [2.05, 4.69) is 29.0 Å². The van der Waals surface area contributed by atoms with Gasteiger partial charge in [-0.25, -0.2) is 4.79 Å². The van der Waals surface area contributed by atoms with Gasteiger partial charge in [0, 0.05) is 42.3 Å². The topological polar surface area (TPSA) is 52.9 Å². The van der Waals surface area contributed by atoms with Gasteiger partial charge in [-0.1, -0.05) is 42.5 Å². The third-order valence-corrected chi connectivity index (χ3v) is 6.74. The maximum Gasteiger partial charge on any atom is 0.415 e. The number of carbonyl (C=O) groups excluding carboxylic acids is 1. The summed E-state index contributed by atoms with van der Waals surface area (Å²) in [5.41, 5.74) is 3.97. The Bertz CT molecular complexity index is 1550. The van der Waals surface area contributed by atoms with Crippen molar-refractivity contribution in [2.24, 2.45) is 0 Å². The largest absolute Gasteiger partial charge is 0.497 e. The SMILES string of the molecule is CCN(CC)C(=O)Oc1ccc2c(ccn2Cc2cccc(Oc3ccccc3)c2)c1-c1ccc(OC)cc1. The molecule has 0 aliphatic heterocycles. The van der Waals surface area contributed by atoms with Gasteiger partial charge in [-0.15, -0.1) is 0 Å². The van der Waals surface area contributed by atoms with Crippen LogP contribution in [0.2, 0.25) is 0 Å². The van der Waals surface area contributed by atoms with Crippen LogP contribution in [0, 0.1) is 0 Å². The van der Waals surface area contributed by atoms with E-state index in [1.807, 2.05) is 92.7 Å². The molecule has 0 unspecified atom stereocenters. The Kier molecular flexibility index (Phi) is 7.83. The van der Waals surface area contributed by atoms with Crippen LogP contribution in [0.3, 0.4) is 0 Å². The Morgan fingerprint density at radius 2 is 1.54 bits per heavy atom. The fraction of sp³-hybridized carbons (Fsp3) is 0.182. The summed E-state index contributed by atoms with van der Waals surface area (Å²) in [5, 5.41) is 1.00. The van der Waals surface area contributed by atoms with Gasteiger partial charge in [-0.05, 0) is 79.6 Å². The molecule has 0 aliphatic rings. The standard InChI is InChI=1S/C33H32N2O4/c1-4-34(5-2)33(36)39-31-19-18-30-29(32(31)25-14-16-26(37-3)17-15-25)20-21-35(30)23-24-10-9-13-28(22-24)38-27-11-7-6-8-12-27/h6-22H,4-5,23H2,1-3H3. The van der Waals surface area contributed by atoms with E-state index < -0.39 is 0 Å². The highest BCUT2D eigenvalue weighted by Gasteiger charge is 2.19. The van der Waals surface area contributed by atoms with E-state index in [0.29, 0.717) is 25.4 Å². The van der Waals surface area contributed by atoms with Gasteiger partial charge < -0.3 is 23.7 Å². The van der Waals surface area contributed by atoms with Crippen LogP contribution in [0.1, 0.15) is 19.4 Å². The molecular formula is C33H32N2O4. The van der Waals surface area contributed by atoms with Gasteiger partial charge in [0.05, 0.1) is 7.11 Å². The zero-order valence-corrected chi connectivity index (χ0v) is 22.5. The van der Waals surface area contributed by atoms with Crippen molar-refractivity contribution in [2.75, 3.05) is 20.2 Å². The molecule has 0 bridgehead atoms. The van der Waals surface area contributed by atoms with E-state index in [9.17, 15) is 4.79 Å². The van der Waals surface area contributed by atoms with Crippen molar-refractivity contribution >= 4 is 17.0 Å². The fourth-order valence-corrected chi connectivity index (χ4v) is 4.70. The number of hydrogen-bond donors (Lipinski definition) is 0. The molecule has 1 amide bonds. The zero-order chi connectivity index (χ0) is 27.2. The molecule has 0 saturated carbocycles. The highest BCUT2D eigenvalue weighted by molar-refractivity contribution is 5.99. The molecule has 0 spiro atoms. The second-order valence-corrected chi connectivity index (χ2v) is 9.15. The maximum absolute atomic E-state index is 12.9.